The first-order chi connectivity index (χ1) is 8.25. The van der Waals surface area contributed by atoms with Crippen molar-refractivity contribution in [2.75, 3.05) is 0 Å². The van der Waals surface area contributed by atoms with Gasteiger partial charge in [-0.25, -0.2) is 4.98 Å². The molecule has 5 heteroatoms. The van der Waals surface area contributed by atoms with Crippen LogP contribution in [0, 0.1) is 0 Å². The lowest BCUT2D eigenvalue weighted by molar-refractivity contribution is 0.475. The number of imidazole rings is 1. The molecule has 0 spiro atoms. The smallest absolute Gasteiger partial charge is 0.147 e. The molecule has 3 heterocycles. The molecular weight excluding hydrogens is 282 g/mol. The maximum atomic E-state index is 9.46. The Balaban J connectivity index is 2.32. The van der Waals surface area contributed by atoms with Gasteiger partial charge in [0, 0.05) is 30.2 Å². The molecule has 0 saturated carbocycles. The van der Waals surface area contributed by atoms with Gasteiger partial charge >= 0.3 is 0 Å². The van der Waals surface area contributed by atoms with Gasteiger partial charge in [0.2, 0.25) is 0 Å². The standard InChI is InChI=1S/C12H8BrN3O/c13-11-10-6-9(17)3-5-16(10)12(15-11)8-2-1-4-14-7-8/h1-7,17H. The van der Waals surface area contributed by atoms with Crippen molar-refractivity contribution >= 4 is 21.4 Å². The maximum absolute atomic E-state index is 9.46. The quantitative estimate of drug-likeness (QED) is 0.749. The van der Waals surface area contributed by atoms with Gasteiger partial charge in [0.05, 0.1) is 5.52 Å². The second kappa shape index (κ2) is 3.85. The molecule has 0 aliphatic carbocycles. The van der Waals surface area contributed by atoms with Crippen LogP contribution in [0.5, 0.6) is 5.75 Å². The van der Waals surface area contributed by atoms with Gasteiger partial charge in [0.15, 0.2) is 0 Å². The van der Waals surface area contributed by atoms with Crippen LogP contribution in [0.3, 0.4) is 0 Å². The summed E-state index contributed by atoms with van der Waals surface area (Å²) >= 11 is 3.39. The van der Waals surface area contributed by atoms with Crippen molar-refractivity contribution in [1.29, 1.82) is 0 Å². The van der Waals surface area contributed by atoms with Crippen LogP contribution in [0.4, 0.5) is 0 Å². The van der Waals surface area contributed by atoms with Crippen LogP contribution < -0.4 is 0 Å². The van der Waals surface area contributed by atoms with Crippen molar-refractivity contribution in [1.82, 2.24) is 14.4 Å². The lowest BCUT2D eigenvalue weighted by Gasteiger charge is -2.00. The topological polar surface area (TPSA) is 50.4 Å². The molecule has 0 saturated heterocycles. The number of rotatable bonds is 1. The molecule has 17 heavy (non-hydrogen) atoms. The summed E-state index contributed by atoms with van der Waals surface area (Å²) in [4.78, 5) is 8.51. The Bertz CT molecular complexity index is 679. The molecule has 0 amide bonds. The van der Waals surface area contributed by atoms with E-state index in [4.69, 9.17) is 0 Å². The van der Waals surface area contributed by atoms with Crippen LogP contribution in [-0.4, -0.2) is 19.5 Å². The van der Waals surface area contributed by atoms with E-state index in [9.17, 15) is 5.11 Å². The summed E-state index contributed by atoms with van der Waals surface area (Å²) in [5.74, 6) is 1.01. The number of pyridine rings is 2. The predicted octanol–water partition coefficient (Wildman–Crippen LogP) is 2.86. The molecule has 0 atom stereocenters. The first kappa shape index (κ1) is 10.3. The zero-order valence-electron chi connectivity index (χ0n) is 8.71. The molecule has 3 aromatic rings. The van der Waals surface area contributed by atoms with Crippen LogP contribution in [0.2, 0.25) is 0 Å². The lowest BCUT2D eigenvalue weighted by atomic mass is 10.3. The van der Waals surface area contributed by atoms with E-state index in [0.29, 0.717) is 4.60 Å². The SMILES string of the molecule is Oc1ccn2c(-c3cccnc3)nc(Br)c2c1. The molecule has 0 aliphatic heterocycles. The molecule has 0 fully saturated rings. The van der Waals surface area contributed by atoms with E-state index in [2.05, 4.69) is 25.9 Å². The molecule has 1 N–H and O–H groups in total. The Hall–Kier alpha value is -1.88. The normalized spacial score (nSPS) is 10.9. The van der Waals surface area contributed by atoms with Gasteiger partial charge < -0.3 is 5.11 Å². The summed E-state index contributed by atoms with van der Waals surface area (Å²) in [7, 11) is 0. The molecular formula is C12H8BrN3O. The van der Waals surface area contributed by atoms with E-state index in [1.54, 1.807) is 30.7 Å². The number of fused-ring (bicyclic) bond motifs is 1. The monoisotopic (exact) mass is 289 g/mol. The highest BCUT2D eigenvalue weighted by Crippen LogP contribution is 2.27. The maximum Gasteiger partial charge on any atom is 0.147 e. The molecule has 0 aliphatic rings. The van der Waals surface area contributed by atoms with E-state index in [-0.39, 0.29) is 5.75 Å². The average molecular weight is 290 g/mol. The molecule has 0 bridgehead atoms. The van der Waals surface area contributed by atoms with Crippen LogP contribution in [0.15, 0.2) is 47.5 Å². The van der Waals surface area contributed by atoms with Gasteiger partial charge in [-0.1, -0.05) is 0 Å². The Morgan fingerprint density at radius 3 is 2.94 bits per heavy atom. The fraction of sp³-hybridized carbons (Fsp3) is 0. The Labute approximate surface area is 106 Å². The van der Waals surface area contributed by atoms with Crippen LogP contribution in [0.1, 0.15) is 0 Å². The van der Waals surface area contributed by atoms with Crippen molar-refractivity contribution in [2.45, 2.75) is 0 Å². The Morgan fingerprint density at radius 1 is 1.29 bits per heavy atom. The van der Waals surface area contributed by atoms with Crippen molar-refractivity contribution in [2.24, 2.45) is 0 Å². The summed E-state index contributed by atoms with van der Waals surface area (Å²) in [6.07, 6.45) is 5.26. The van der Waals surface area contributed by atoms with E-state index in [1.165, 1.54) is 0 Å². The molecule has 3 aromatic heterocycles. The highest BCUT2D eigenvalue weighted by molar-refractivity contribution is 9.10. The average Bonchev–Trinajstić information content (AvgIpc) is 2.68. The Kier molecular flexibility index (Phi) is 2.33. The third-order valence-electron chi connectivity index (χ3n) is 2.50. The van der Waals surface area contributed by atoms with Crippen molar-refractivity contribution in [3.05, 3.63) is 47.5 Å². The minimum absolute atomic E-state index is 0.218. The number of aromatic hydroxyl groups is 1. The summed E-state index contributed by atoms with van der Waals surface area (Å²) in [5, 5.41) is 9.46. The van der Waals surface area contributed by atoms with Crippen molar-refractivity contribution < 1.29 is 5.11 Å². The summed E-state index contributed by atoms with van der Waals surface area (Å²) in [6, 6.07) is 7.10. The van der Waals surface area contributed by atoms with Crippen LogP contribution in [-0.2, 0) is 0 Å². The molecule has 3 rings (SSSR count). The zero-order valence-corrected chi connectivity index (χ0v) is 10.3. The van der Waals surface area contributed by atoms with Crippen LogP contribution in [0.25, 0.3) is 16.9 Å². The summed E-state index contributed by atoms with van der Waals surface area (Å²) in [5.41, 5.74) is 1.75. The number of nitrogens with zero attached hydrogens (tertiary/aromatic N) is 3. The second-order valence-electron chi connectivity index (χ2n) is 3.61. The third-order valence-corrected chi connectivity index (χ3v) is 3.09. The number of hydrogen-bond donors (Lipinski definition) is 1. The third kappa shape index (κ3) is 1.68. The van der Waals surface area contributed by atoms with Crippen molar-refractivity contribution in [3.8, 4) is 17.1 Å². The van der Waals surface area contributed by atoms with Gasteiger partial charge in [0.25, 0.3) is 0 Å². The van der Waals surface area contributed by atoms with Crippen LogP contribution >= 0.6 is 15.9 Å². The number of halogens is 1. The highest BCUT2D eigenvalue weighted by atomic mass is 79.9. The second-order valence-corrected chi connectivity index (χ2v) is 4.36. The minimum Gasteiger partial charge on any atom is -0.508 e. The molecule has 0 unspecified atom stereocenters. The van der Waals surface area contributed by atoms with Gasteiger partial charge in [-0.15, -0.1) is 0 Å². The molecule has 0 radical (unpaired) electrons. The van der Waals surface area contributed by atoms with Gasteiger partial charge in [-0.3, -0.25) is 9.38 Å². The first-order valence-corrected chi connectivity index (χ1v) is 5.82. The highest BCUT2D eigenvalue weighted by Gasteiger charge is 2.11. The molecule has 4 nitrogen and oxygen atoms in total. The van der Waals surface area contributed by atoms with E-state index in [1.807, 2.05) is 16.5 Å². The molecule has 84 valence electrons. The zero-order chi connectivity index (χ0) is 11.8. The molecule has 0 aromatic carbocycles. The van der Waals surface area contributed by atoms with Gasteiger partial charge in [0.1, 0.15) is 16.2 Å². The van der Waals surface area contributed by atoms with Gasteiger partial charge in [-0.2, -0.15) is 0 Å². The van der Waals surface area contributed by atoms with E-state index >= 15 is 0 Å². The predicted molar refractivity (Wildman–Crippen MR) is 67.8 cm³/mol. The first-order valence-electron chi connectivity index (χ1n) is 5.02. The van der Waals surface area contributed by atoms with E-state index < -0.39 is 0 Å². The summed E-state index contributed by atoms with van der Waals surface area (Å²) in [6.45, 7) is 0. The lowest BCUT2D eigenvalue weighted by Crippen LogP contribution is -1.88. The van der Waals surface area contributed by atoms with E-state index in [0.717, 1.165) is 16.9 Å². The number of aromatic nitrogens is 3. The fourth-order valence-corrected chi connectivity index (χ4v) is 2.21. The largest absolute Gasteiger partial charge is 0.508 e. The van der Waals surface area contributed by atoms with Gasteiger partial charge in [-0.05, 0) is 34.1 Å². The number of hydrogen-bond acceptors (Lipinski definition) is 3. The minimum atomic E-state index is 0.218. The Morgan fingerprint density at radius 2 is 2.18 bits per heavy atom. The summed E-state index contributed by atoms with van der Waals surface area (Å²) < 4.78 is 2.60. The fourth-order valence-electron chi connectivity index (χ4n) is 1.74. The van der Waals surface area contributed by atoms with Crippen molar-refractivity contribution in [3.63, 3.8) is 0 Å².